The van der Waals surface area contributed by atoms with E-state index < -0.39 is 0 Å². The van der Waals surface area contributed by atoms with Gasteiger partial charge in [-0.3, -0.25) is 4.98 Å². The molecule has 3 nitrogen and oxygen atoms in total. The molecule has 6 rings (SSSR count). The van der Waals surface area contributed by atoms with Crippen molar-refractivity contribution >= 4 is 34.1 Å². The molecule has 0 saturated heterocycles. The van der Waals surface area contributed by atoms with Crippen LogP contribution in [-0.2, 0) is 0 Å². The molecule has 0 aliphatic heterocycles. The lowest BCUT2D eigenvalue weighted by Gasteiger charge is -2.28. The Morgan fingerprint density at radius 3 is 1.24 bits per heavy atom. The van der Waals surface area contributed by atoms with Gasteiger partial charge in [-0.2, -0.15) is 0 Å². The largest absolute Gasteiger partial charge is 0.311 e. The van der Waals surface area contributed by atoms with Gasteiger partial charge in [0.05, 0.1) is 5.69 Å². The summed E-state index contributed by atoms with van der Waals surface area (Å²) in [5.41, 5.74) is 8.64. The summed E-state index contributed by atoms with van der Waals surface area (Å²) in [5, 5.41) is 0. The molecule has 0 radical (unpaired) electrons. The van der Waals surface area contributed by atoms with Crippen molar-refractivity contribution in [2.45, 2.75) is 0 Å². The third-order valence-corrected chi connectivity index (χ3v) is 6.47. The van der Waals surface area contributed by atoms with Crippen molar-refractivity contribution in [2.75, 3.05) is 9.80 Å². The predicted octanol–water partition coefficient (Wildman–Crippen LogP) is 9.69. The van der Waals surface area contributed by atoms with Crippen LogP contribution in [0.5, 0.6) is 0 Å². The first-order valence-corrected chi connectivity index (χ1v) is 12.7. The molecule has 5 aromatic carbocycles. The number of anilines is 6. The molecule has 182 valence electrons. The Bertz CT molecular complexity index is 1540. The van der Waals surface area contributed by atoms with Gasteiger partial charge in [0.15, 0.2) is 0 Å². The van der Waals surface area contributed by atoms with E-state index in [1.165, 1.54) is 0 Å². The molecule has 0 atom stereocenters. The molecule has 0 amide bonds. The summed E-state index contributed by atoms with van der Waals surface area (Å²) in [5.74, 6) is 0. The van der Waals surface area contributed by atoms with Gasteiger partial charge in [0.2, 0.25) is 0 Å². The Kier molecular flexibility index (Phi) is 6.64. The van der Waals surface area contributed by atoms with Crippen LogP contribution in [0.2, 0.25) is 0 Å². The fraction of sp³-hybridized carbons (Fsp3) is 0. The molecule has 0 N–H and O–H groups in total. The highest BCUT2D eigenvalue weighted by molar-refractivity contribution is 5.82. The van der Waals surface area contributed by atoms with Crippen molar-refractivity contribution in [1.29, 1.82) is 0 Å². The zero-order valence-corrected chi connectivity index (χ0v) is 20.9. The van der Waals surface area contributed by atoms with Gasteiger partial charge in [0.1, 0.15) is 0 Å². The van der Waals surface area contributed by atoms with E-state index in [0.29, 0.717) is 0 Å². The lowest BCUT2D eigenvalue weighted by Crippen LogP contribution is -2.12. The van der Waals surface area contributed by atoms with E-state index >= 15 is 0 Å². The highest BCUT2D eigenvalue weighted by atomic mass is 15.2. The van der Waals surface area contributed by atoms with Crippen LogP contribution in [0.1, 0.15) is 0 Å². The van der Waals surface area contributed by atoms with Gasteiger partial charge in [-0.15, -0.1) is 0 Å². The molecule has 0 aliphatic carbocycles. The fourth-order valence-corrected chi connectivity index (χ4v) is 4.71. The molecule has 6 aromatic rings. The SMILES string of the molecule is c1ccc(N(c2ccccc2)c2ccc(N(c3ccccc3)c3cccc(-c4ccccn4)c3)cc2)cc1. The van der Waals surface area contributed by atoms with E-state index in [4.69, 9.17) is 0 Å². The maximum absolute atomic E-state index is 4.56. The second-order valence-corrected chi connectivity index (χ2v) is 8.96. The summed E-state index contributed by atoms with van der Waals surface area (Å²) in [6, 6.07) is 54.7. The van der Waals surface area contributed by atoms with Crippen LogP contribution in [0.15, 0.2) is 164 Å². The molecule has 0 unspecified atom stereocenters. The van der Waals surface area contributed by atoms with E-state index in [1.54, 1.807) is 0 Å². The van der Waals surface area contributed by atoms with Crippen molar-refractivity contribution in [1.82, 2.24) is 4.98 Å². The van der Waals surface area contributed by atoms with Gasteiger partial charge in [-0.25, -0.2) is 0 Å². The number of nitrogens with zero attached hydrogens (tertiary/aromatic N) is 3. The first kappa shape index (κ1) is 23.3. The average molecular weight is 490 g/mol. The zero-order valence-electron chi connectivity index (χ0n) is 20.9. The molecule has 0 bridgehead atoms. The van der Waals surface area contributed by atoms with Gasteiger partial charge in [0.25, 0.3) is 0 Å². The summed E-state index contributed by atoms with van der Waals surface area (Å²) < 4.78 is 0. The smallest absolute Gasteiger partial charge is 0.0702 e. The lowest BCUT2D eigenvalue weighted by atomic mass is 10.1. The van der Waals surface area contributed by atoms with Gasteiger partial charge in [-0.05, 0) is 84.9 Å². The molecule has 38 heavy (non-hydrogen) atoms. The number of benzene rings is 5. The highest BCUT2D eigenvalue weighted by Gasteiger charge is 2.16. The highest BCUT2D eigenvalue weighted by Crippen LogP contribution is 2.39. The van der Waals surface area contributed by atoms with E-state index in [2.05, 4.69) is 136 Å². The quantitative estimate of drug-likeness (QED) is 0.222. The number of para-hydroxylation sites is 3. The third-order valence-electron chi connectivity index (χ3n) is 6.47. The van der Waals surface area contributed by atoms with Gasteiger partial charge in [0, 0.05) is 45.9 Å². The molecule has 0 saturated carbocycles. The van der Waals surface area contributed by atoms with Crippen molar-refractivity contribution in [2.24, 2.45) is 0 Å². The molecule has 0 spiro atoms. The molecular weight excluding hydrogens is 462 g/mol. The van der Waals surface area contributed by atoms with Gasteiger partial charge in [-0.1, -0.05) is 72.8 Å². The van der Waals surface area contributed by atoms with Crippen molar-refractivity contribution in [3.8, 4) is 11.3 Å². The first-order chi connectivity index (χ1) is 18.9. The summed E-state index contributed by atoms with van der Waals surface area (Å²) in [6.07, 6.45) is 1.83. The zero-order chi connectivity index (χ0) is 25.6. The Morgan fingerprint density at radius 1 is 0.342 bits per heavy atom. The summed E-state index contributed by atoms with van der Waals surface area (Å²) in [6.45, 7) is 0. The van der Waals surface area contributed by atoms with Crippen LogP contribution >= 0.6 is 0 Å². The van der Waals surface area contributed by atoms with Crippen LogP contribution < -0.4 is 9.80 Å². The Balaban J connectivity index is 1.42. The molecular formula is C35H27N3. The Labute approximate surface area is 223 Å². The van der Waals surface area contributed by atoms with Crippen molar-refractivity contribution in [3.05, 3.63) is 164 Å². The Morgan fingerprint density at radius 2 is 0.763 bits per heavy atom. The molecule has 1 heterocycles. The topological polar surface area (TPSA) is 19.4 Å². The molecule has 0 aliphatic rings. The van der Waals surface area contributed by atoms with Crippen molar-refractivity contribution in [3.63, 3.8) is 0 Å². The minimum Gasteiger partial charge on any atom is -0.311 e. The minimum absolute atomic E-state index is 0.957. The number of pyridine rings is 1. The summed E-state index contributed by atoms with van der Waals surface area (Å²) in [4.78, 5) is 9.12. The van der Waals surface area contributed by atoms with Gasteiger partial charge < -0.3 is 9.80 Å². The number of hydrogen-bond acceptors (Lipinski definition) is 3. The van der Waals surface area contributed by atoms with Crippen LogP contribution in [0.25, 0.3) is 11.3 Å². The molecule has 0 fully saturated rings. The van der Waals surface area contributed by atoms with Crippen LogP contribution in [-0.4, -0.2) is 4.98 Å². The molecule has 3 heteroatoms. The summed E-state index contributed by atoms with van der Waals surface area (Å²) in [7, 11) is 0. The maximum atomic E-state index is 4.56. The fourth-order valence-electron chi connectivity index (χ4n) is 4.71. The second kappa shape index (κ2) is 10.9. The third kappa shape index (κ3) is 4.91. The number of hydrogen-bond donors (Lipinski definition) is 0. The van der Waals surface area contributed by atoms with E-state index in [9.17, 15) is 0 Å². The first-order valence-electron chi connectivity index (χ1n) is 12.7. The minimum atomic E-state index is 0.957. The van der Waals surface area contributed by atoms with Crippen LogP contribution in [0.4, 0.5) is 34.1 Å². The monoisotopic (exact) mass is 489 g/mol. The van der Waals surface area contributed by atoms with Crippen molar-refractivity contribution < 1.29 is 0 Å². The normalized spacial score (nSPS) is 10.6. The molecule has 1 aromatic heterocycles. The predicted molar refractivity (Wildman–Crippen MR) is 159 cm³/mol. The second-order valence-electron chi connectivity index (χ2n) is 8.96. The number of rotatable bonds is 7. The van der Waals surface area contributed by atoms with Crippen LogP contribution in [0.3, 0.4) is 0 Å². The van der Waals surface area contributed by atoms with Crippen LogP contribution in [0, 0.1) is 0 Å². The lowest BCUT2D eigenvalue weighted by molar-refractivity contribution is 1.25. The standard InChI is InChI=1S/C35H27N3/c1-4-14-29(15-5-1)37(30-16-6-2-7-17-30)32-22-24-33(25-23-32)38(31-18-8-3-9-19-31)34-20-12-13-28(27-34)35-21-10-11-26-36-35/h1-27H. The average Bonchev–Trinajstić information content (AvgIpc) is 3.01. The van der Waals surface area contributed by atoms with E-state index in [0.717, 1.165) is 45.4 Å². The maximum Gasteiger partial charge on any atom is 0.0702 e. The summed E-state index contributed by atoms with van der Waals surface area (Å²) >= 11 is 0. The Hall–Kier alpha value is -5.15. The van der Waals surface area contributed by atoms with E-state index in [1.807, 2.05) is 42.6 Å². The number of aromatic nitrogens is 1. The van der Waals surface area contributed by atoms with E-state index in [-0.39, 0.29) is 0 Å². The van der Waals surface area contributed by atoms with Gasteiger partial charge >= 0.3 is 0 Å².